The summed E-state index contributed by atoms with van der Waals surface area (Å²) in [6.07, 6.45) is 1.26. The van der Waals surface area contributed by atoms with Gasteiger partial charge in [0.2, 0.25) is 0 Å². The van der Waals surface area contributed by atoms with Crippen LogP contribution in [0.4, 0.5) is 0 Å². The quantitative estimate of drug-likeness (QED) is 0.439. The minimum atomic E-state index is -0.582. The highest BCUT2D eigenvalue weighted by Crippen LogP contribution is 2.34. The standard InChI is InChI=1S/C17H12Cl2N2O3/c18-13-3-1-2-10(5-13)9-21-17(24)12(8-20)4-11-6-14(19)16(23)15(22)7-11/h1-7,22-23H,9H2,(H,21,24). The molecule has 1 amide bonds. The number of hydrogen-bond donors (Lipinski definition) is 3. The van der Waals surface area contributed by atoms with Gasteiger partial charge in [-0.25, -0.2) is 0 Å². The van der Waals surface area contributed by atoms with Crippen LogP contribution in [0.2, 0.25) is 10.0 Å². The number of nitrogens with zero attached hydrogens (tertiary/aromatic N) is 1. The fourth-order valence-electron chi connectivity index (χ4n) is 1.93. The van der Waals surface area contributed by atoms with Gasteiger partial charge in [-0.05, 0) is 41.5 Å². The van der Waals surface area contributed by atoms with E-state index in [4.69, 9.17) is 28.5 Å². The molecule has 7 heteroatoms. The van der Waals surface area contributed by atoms with Gasteiger partial charge in [0.1, 0.15) is 11.6 Å². The second-order valence-corrected chi connectivity index (χ2v) is 5.70. The number of carbonyl (C=O) groups is 1. The van der Waals surface area contributed by atoms with Crippen molar-refractivity contribution in [1.82, 2.24) is 5.32 Å². The van der Waals surface area contributed by atoms with E-state index < -0.39 is 17.4 Å². The first-order valence-electron chi connectivity index (χ1n) is 6.76. The van der Waals surface area contributed by atoms with E-state index in [0.717, 1.165) is 5.56 Å². The minimum absolute atomic E-state index is 0.0853. The Labute approximate surface area is 148 Å². The Hall–Kier alpha value is -2.68. The Bertz CT molecular complexity index is 834. The molecule has 2 aromatic rings. The molecular weight excluding hydrogens is 351 g/mol. The van der Waals surface area contributed by atoms with Crippen molar-refractivity contribution in [3.8, 4) is 17.6 Å². The Balaban J connectivity index is 2.15. The van der Waals surface area contributed by atoms with Crippen molar-refractivity contribution in [1.29, 1.82) is 5.26 Å². The molecule has 0 atom stereocenters. The average molecular weight is 363 g/mol. The largest absolute Gasteiger partial charge is 0.504 e. The zero-order valence-corrected chi connectivity index (χ0v) is 13.8. The lowest BCUT2D eigenvalue weighted by atomic mass is 10.1. The molecule has 122 valence electrons. The van der Waals surface area contributed by atoms with Gasteiger partial charge in [0.25, 0.3) is 5.91 Å². The summed E-state index contributed by atoms with van der Waals surface area (Å²) in [5.74, 6) is -1.48. The monoisotopic (exact) mass is 362 g/mol. The van der Waals surface area contributed by atoms with Crippen LogP contribution in [-0.2, 0) is 11.3 Å². The zero-order valence-electron chi connectivity index (χ0n) is 12.3. The van der Waals surface area contributed by atoms with E-state index in [1.165, 1.54) is 18.2 Å². The molecule has 0 bridgehead atoms. The van der Waals surface area contributed by atoms with Crippen LogP contribution in [0.15, 0.2) is 42.0 Å². The van der Waals surface area contributed by atoms with Crippen LogP contribution in [0, 0.1) is 11.3 Å². The molecule has 0 spiro atoms. The van der Waals surface area contributed by atoms with Gasteiger partial charge in [0.05, 0.1) is 5.02 Å². The molecule has 0 aliphatic rings. The lowest BCUT2D eigenvalue weighted by Gasteiger charge is -2.06. The summed E-state index contributed by atoms with van der Waals surface area (Å²) in [7, 11) is 0. The van der Waals surface area contributed by atoms with E-state index in [9.17, 15) is 15.0 Å². The first-order chi connectivity index (χ1) is 11.4. The van der Waals surface area contributed by atoms with Crippen molar-refractivity contribution >= 4 is 35.2 Å². The van der Waals surface area contributed by atoms with E-state index in [-0.39, 0.29) is 17.1 Å². The van der Waals surface area contributed by atoms with Gasteiger partial charge in [0, 0.05) is 11.6 Å². The van der Waals surface area contributed by atoms with Gasteiger partial charge in [-0.15, -0.1) is 0 Å². The van der Waals surface area contributed by atoms with E-state index >= 15 is 0 Å². The number of carbonyl (C=O) groups excluding carboxylic acids is 1. The van der Waals surface area contributed by atoms with Crippen LogP contribution in [0.3, 0.4) is 0 Å². The van der Waals surface area contributed by atoms with Gasteiger partial charge in [0.15, 0.2) is 11.5 Å². The van der Waals surface area contributed by atoms with Crippen LogP contribution in [-0.4, -0.2) is 16.1 Å². The summed E-state index contributed by atoms with van der Waals surface area (Å²) < 4.78 is 0. The van der Waals surface area contributed by atoms with Crippen LogP contribution in [0.5, 0.6) is 11.5 Å². The van der Waals surface area contributed by atoms with Gasteiger partial charge in [-0.1, -0.05) is 35.3 Å². The zero-order chi connectivity index (χ0) is 17.7. The number of rotatable bonds is 4. The summed E-state index contributed by atoms with van der Waals surface area (Å²) in [6, 6.07) is 11.3. The van der Waals surface area contributed by atoms with E-state index in [1.54, 1.807) is 30.3 Å². The predicted octanol–water partition coefficient (Wildman–Crippen LogP) is 3.63. The SMILES string of the molecule is N#CC(=Cc1cc(O)c(O)c(Cl)c1)C(=O)NCc1cccc(Cl)c1. The minimum Gasteiger partial charge on any atom is -0.504 e. The van der Waals surface area contributed by atoms with Crippen molar-refractivity contribution in [3.63, 3.8) is 0 Å². The molecule has 0 fully saturated rings. The van der Waals surface area contributed by atoms with Gasteiger partial charge in [-0.2, -0.15) is 5.26 Å². The third-order valence-corrected chi connectivity index (χ3v) is 3.61. The molecular formula is C17H12Cl2N2O3. The fraction of sp³-hybridized carbons (Fsp3) is 0.0588. The molecule has 0 unspecified atom stereocenters. The number of nitrogens with one attached hydrogen (secondary N) is 1. The summed E-state index contributed by atoms with van der Waals surface area (Å²) in [4.78, 5) is 12.1. The first-order valence-corrected chi connectivity index (χ1v) is 7.52. The van der Waals surface area contributed by atoms with Crippen molar-refractivity contribution in [2.45, 2.75) is 6.54 Å². The highest BCUT2D eigenvalue weighted by molar-refractivity contribution is 6.32. The number of benzene rings is 2. The molecule has 0 heterocycles. The highest BCUT2D eigenvalue weighted by Gasteiger charge is 2.11. The topological polar surface area (TPSA) is 93.3 Å². The maximum atomic E-state index is 12.1. The lowest BCUT2D eigenvalue weighted by molar-refractivity contribution is -0.117. The summed E-state index contributed by atoms with van der Waals surface area (Å²) >= 11 is 11.6. The molecule has 0 aliphatic heterocycles. The van der Waals surface area contributed by atoms with E-state index in [0.29, 0.717) is 10.6 Å². The van der Waals surface area contributed by atoms with E-state index in [1.807, 2.05) is 0 Å². The second-order valence-electron chi connectivity index (χ2n) is 4.85. The second kappa shape index (κ2) is 7.73. The molecule has 0 radical (unpaired) electrons. The Morgan fingerprint density at radius 3 is 2.62 bits per heavy atom. The molecule has 0 aromatic heterocycles. The molecule has 5 nitrogen and oxygen atoms in total. The smallest absolute Gasteiger partial charge is 0.262 e. The molecule has 24 heavy (non-hydrogen) atoms. The Morgan fingerprint density at radius 2 is 2.00 bits per heavy atom. The highest BCUT2D eigenvalue weighted by atomic mass is 35.5. The third kappa shape index (κ3) is 4.42. The van der Waals surface area contributed by atoms with Crippen molar-refractivity contribution in [2.75, 3.05) is 0 Å². The van der Waals surface area contributed by atoms with Crippen LogP contribution in [0.1, 0.15) is 11.1 Å². The first kappa shape index (κ1) is 17.7. The van der Waals surface area contributed by atoms with Gasteiger partial charge < -0.3 is 15.5 Å². The molecule has 3 N–H and O–H groups in total. The molecule has 2 rings (SSSR count). The number of phenols is 2. The number of phenolic OH excluding ortho intramolecular Hbond substituents is 2. The summed E-state index contributed by atoms with van der Waals surface area (Å²) in [6.45, 7) is 0.208. The predicted molar refractivity (Wildman–Crippen MR) is 91.7 cm³/mol. The van der Waals surface area contributed by atoms with Gasteiger partial charge >= 0.3 is 0 Å². The molecule has 0 saturated carbocycles. The third-order valence-electron chi connectivity index (χ3n) is 3.08. The number of nitriles is 1. The normalized spacial score (nSPS) is 11.0. The molecule has 0 aliphatic carbocycles. The van der Waals surface area contributed by atoms with Crippen LogP contribution < -0.4 is 5.32 Å². The van der Waals surface area contributed by atoms with Crippen LogP contribution >= 0.6 is 23.2 Å². The molecule has 2 aromatic carbocycles. The maximum absolute atomic E-state index is 12.1. The maximum Gasteiger partial charge on any atom is 0.262 e. The number of hydrogen-bond acceptors (Lipinski definition) is 4. The average Bonchev–Trinajstić information content (AvgIpc) is 2.55. The lowest BCUT2D eigenvalue weighted by Crippen LogP contribution is -2.23. The van der Waals surface area contributed by atoms with Crippen molar-refractivity contribution in [2.24, 2.45) is 0 Å². The Kier molecular flexibility index (Phi) is 5.69. The summed E-state index contributed by atoms with van der Waals surface area (Å²) in [5, 5.41) is 31.1. The Morgan fingerprint density at radius 1 is 1.25 bits per heavy atom. The number of aromatic hydroxyl groups is 2. The van der Waals surface area contributed by atoms with Crippen LogP contribution in [0.25, 0.3) is 6.08 Å². The number of amides is 1. The van der Waals surface area contributed by atoms with Crippen molar-refractivity contribution < 1.29 is 15.0 Å². The number of halogens is 2. The molecule has 0 saturated heterocycles. The summed E-state index contributed by atoms with van der Waals surface area (Å²) in [5.41, 5.74) is 0.932. The van der Waals surface area contributed by atoms with E-state index in [2.05, 4.69) is 5.32 Å². The van der Waals surface area contributed by atoms with Gasteiger partial charge in [-0.3, -0.25) is 4.79 Å². The van der Waals surface area contributed by atoms with Crippen molar-refractivity contribution in [3.05, 3.63) is 63.1 Å². The fourth-order valence-corrected chi connectivity index (χ4v) is 2.36.